The first-order valence-electron chi connectivity index (χ1n) is 6.87. The summed E-state index contributed by atoms with van der Waals surface area (Å²) in [5.41, 5.74) is -0.873. The van der Waals surface area contributed by atoms with Gasteiger partial charge in [0.05, 0.1) is 25.0 Å². The molecule has 2 N–H and O–H groups in total. The van der Waals surface area contributed by atoms with Gasteiger partial charge in [-0.25, -0.2) is 18.4 Å². The Morgan fingerprint density at radius 3 is 2.48 bits per heavy atom. The van der Waals surface area contributed by atoms with Crippen LogP contribution < -0.4 is 10.6 Å². The Kier molecular flexibility index (Phi) is 6.44. The zero-order valence-electron chi connectivity index (χ0n) is 13.4. The van der Waals surface area contributed by atoms with E-state index in [-0.39, 0.29) is 12.3 Å². The summed E-state index contributed by atoms with van der Waals surface area (Å²) >= 11 is 0. The number of hydrogen-bond acceptors (Lipinski definition) is 4. The number of nitrogens with one attached hydrogen (secondary N) is 2. The van der Waals surface area contributed by atoms with Crippen molar-refractivity contribution in [2.75, 3.05) is 19.0 Å². The molecule has 1 aromatic carbocycles. The average molecular weight is 330 g/mol. The summed E-state index contributed by atoms with van der Waals surface area (Å²) in [6, 6.07) is 0.657. The molecule has 0 saturated heterocycles. The number of rotatable bonds is 5. The lowest BCUT2D eigenvalue weighted by atomic mass is 10.2. The van der Waals surface area contributed by atoms with E-state index in [1.54, 1.807) is 20.8 Å². The first-order chi connectivity index (χ1) is 10.6. The Morgan fingerprint density at radius 1 is 1.26 bits per heavy atom. The normalized spacial score (nSPS) is 12.4. The molecule has 0 radical (unpaired) electrons. The Hall–Kier alpha value is -2.22. The minimum absolute atomic E-state index is 0.130. The second-order valence-corrected chi connectivity index (χ2v) is 5.72. The third-order valence-electron chi connectivity index (χ3n) is 2.65. The van der Waals surface area contributed by atoms with E-state index in [0.717, 1.165) is 25.3 Å². The van der Waals surface area contributed by atoms with Crippen LogP contribution >= 0.6 is 0 Å². The predicted octanol–water partition coefficient (Wildman–Crippen LogP) is 2.44. The maximum Gasteiger partial charge on any atom is 0.330 e. The van der Waals surface area contributed by atoms with Gasteiger partial charge in [0.15, 0.2) is 6.04 Å². The molecule has 0 aliphatic heterocycles. The molecule has 0 fully saturated rings. The number of anilines is 1. The number of carbonyl (C=O) groups excluding carboxylic acids is 2. The topological polar surface area (TPSA) is 76.7 Å². The Morgan fingerprint density at radius 2 is 1.91 bits per heavy atom. The third kappa shape index (κ3) is 6.60. The molecule has 0 aromatic heterocycles. The van der Waals surface area contributed by atoms with Crippen LogP contribution in [0.2, 0.25) is 0 Å². The smallest absolute Gasteiger partial charge is 0.330 e. The van der Waals surface area contributed by atoms with E-state index >= 15 is 0 Å². The van der Waals surface area contributed by atoms with Gasteiger partial charge in [-0.1, -0.05) is 0 Å². The van der Waals surface area contributed by atoms with E-state index < -0.39 is 35.3 Å². The number of amides is 2. The van der Waals surface area contributed by atoms with Crippen molar-refractivity contribution < 1.29 is 27.8 Å². The molecule has 1 atom stereocenters. The van der Waals surface area contributed by atoms with E-state index in [0.29, 0.717) is 0 Å². The monoisotopic (exact) mass is 330 g/mol. The van der Waals surface area contributed by atoms with Crippen LogP contribution in [0.1, 0.15) is 20.8 Å². The van der Waals surface area contributed by atoms with Crippen LogP contribution in [0.25, 0.3) is 0 Å². The van der Waals surface area contributed by atoms with Gasteiger partial charge in [-0.3, -0.25) is 0 Å². The van der Waals surface area contributed by atoms with Crippen LogP contribution in [-0.4, -0.2) is 37.4 Å². The summed E-state index contributed by atoms with van der Waals surface area (Å²) in [5, 5.41) is 4.43. The highest BCUT2D eigenvalue weighted by atomic mass is 19.1. The molecule has 1 rings (SSSR count). The molecule has 0 spiro atoms. The van der Waals surface area contributed by atoms with E-state index in [1.165, 1.54) is 0 Å². The van der Waals surface area contributed by atoms with Crippen molar-refractivity contribution in [2.24, 2.45) is 0 Å². The molecule has 0 aliphatic carbocycles. The molecule has 8 heteroatoms. The molecule has 128 valence electrons. The number of methoxy groups -OCH3 is 1. The van der Waals surface area contributed by atoms with Crippen LogP contribution in [0.4, 0.5) is 19.3 Å². The van der Waals surface area contributed by atoms with Gasteiger partial charge in [0.25, 0.3) is 0 Å². The van der Waals surface area contributed by atoms with Gasteiger partial charge in [0, 0.05) is 6.07 Å². The highest BCUT2D eigenvalue weighted by molar-refractivity contribution is 5.92. The van der Waals surface area contributed by atoms with Crippen molar-refractivity contribution in [1.29, 1.82) is 0 Å². The van der Waals surface area contributed by atoms with E-state index in [1.807, 2.05) is 0 Å². The molecule has 1 unspecified atom stereocenters. The lowest BCUT2D eigenvalue weighted by Crippen LogP contribution is -2.47. The molecule has 1 aromatic rings. The number of carbonyl (C=O) groups is 2. The SMILES string of the molecule is COC(=O)C(COC(C)(C)C)NC(=O)Nc1cc(F)ccc1F. The second-order valence-electron chi connectivity index (χ2n) is 5.72. The summed E-state index contributed by atoms with van der Waals surface area (Å²) in [5.74, 6) is -2.23. The van der Waals surface area contributed by atoms with Crippen molar-refractivity contribution in [2.45, 2.75) is 32.4 Å². The van der Waals surface area contributed by atoms with Crippen molar-refractivity contribution in [3.8, 4) is 0 Å². The average Bonchev–Trinajstić information content (AvgIpc) is 2.45. The highest BCUT2D eigenvalue weighted by Crippen LogP contribution is 2.15. The number of halogens is 2. The summed E-state index contributed by atoms with van der Waals surface area (Å²) in [6.45, 7) is 5.21. The Labute approximate surface area is 133 Å². The summed E-state index contributed by atoms with van der Waals surface area (Å²) < 4.78 is 36.5. The van der Waals surface area contributed by atoms with E-state index in [9.17, 15) is 18.4 Å². The fraction of sp³-hybridized carbons (Fsp3) is 0.467. The summed E-state index contributed by atoms with van der Waals surface area (Å²) in [7, 11) is 1.16. The minimum Gasteiger partial charge on any atom is -0.467 e. The van der Waals surface area contributed by atoms with Gasteiger partial charge in [-0.2, -0.15) is 0 Å². The lowest BCUT2D eigenvalue weighted by molar-refractivity contribution is -0.145. The molecule has 2 amide bonds. The molecule has 0 saturated carbocycles. The van der Waals surface area contributed by atoms with Gasteiger partial charge in [0.2, 0.25) is 0 Å². The maximum absolute atomic E-state index is 13.5. The summed E-state index contributed by atoms with van der Waals surface area (Å²) in [4.78, 5) is 23.5. The van der Waals surface area contributed by atoms with Gasteiger partial charge in [0.1, 0.15) is 11.6 Å². The molecule has 0 heterocycles. The number of esters is 1. The first-order valence-corrected chi connectivity index (χ1v) is 6.87. The van der Waals surface area contributed by atoms with Crippen molar-refractivity contribution in [3.05, 3.63) is 29.8 Å². The standard InChI is InChI=1S/C15H20F2N2O4/c1-15(2,3)23-8-12(13(20)22-4)19-14(21)18-11-7-9(16)5-6-10(11)17/h5-7,12H,8H2,1-4H3,(H2,18,19,21). The molecule has 23 heavy (non-hydrogen) atoms. The van der Waals surface area contributed by atoms with Crippen molar-refractivity contribution in [3.63, 3.8) is 0 Å². The number of hydrogen-bond donors (Lipinski definition) is 2. The first kappa shape index (κ1) is 18.8. The quantitative estimate of drug-likeness (QED) is 0.813. The van der Waals surface area contributed by atoms with E-state index in [2.05, 4.69) is 15.4 Å². The minimum atomic E-state index is -1.09. The van der Waals surface area contributed by atoms with Crippen molar-refractivity contribution in [1.82, 2.24) is 5.32 Å². The van der Waals surface area contributed by atoms with Crippen LogP contribution in [0.15, 0.2) is 18.2 Å². The van der Waals surface area contributed by atoms with Crippen LogP contribution in [0, 0.1) is 11.6 Å². The van der Waals surface area contributed by atoms with Gasteiger partial charge in [-0.05, 0) is 32.9 Å². The van der Waals surface area contributed by atoms with Gasteiger partial charge < -0.3 is 20.1 Å². The molecular weight excluding hydrogens is 310 g/mol. The fourth-order valence-electron chi connectivity index (χ4n) is 1.55. The molecular formula is C15H20F2N2O4. The van der Waals surface area contributed by atoms with Crippen LogP contribution in [0.5, 0.6) is 0 Å². The highest BCUT2D eigenvalue weighted by Gasteiger charge is 2.24. The van der Waals surface area contributed by atoms with Gasteiger partial charge >= 0.3 is 12.0 Å². The molecule has 0 bridgehead atoms. The zero-order chi connectivity index (χ0) is 17.6. The number of urea groups is 1. The van der Waals surface area contributed by atoms with Crippen molar-refractivity contribution >= 4 is 17.7 Å². The second kappa shape index (κ2) is 7.87. The van der Waals surface area contributed by atoms with E-state index in [4.69, 9.17) is 4.74 Å². The van der Waals surface area contributed by atoms with Crippen LogP contribution in [-0.2, 0) is 14.3 Å². The zero-order valence-corrected chi connectivity index (χ0v) is 13.4. The molecule has 0 aliphatic rings. The number of benzene rings is 1. The maximum atomic E-state index is 13.5. The van der Waals surface area contributed by atoms with Crippen LogP contribution in [0.3, 0.4) is 0 Å². The predicted molar refractivity (Wildman–Crippen MR) is 80.0 cm³/mol. The summed E-state index contributed by atoms with van der Waals surface area (Å²) in [6.07, 6.45) is 0. The van der Waals surface area contributed by atoms with Gasteiger partial charge in [-0.15, -0.1) is 0 Å². The largest absolute Gasteiger partial charge is 0.467 e. The lowest BCUT2D eigenvalue weighted by Gasteiger charge is -2.24. The number of ether oxygens (including phenoxy) is 2. The third-order valence-corrected chi connectivity index (χ3v) is 2.65. The molecule has 6 nitrogen and oxygen atoms in total. The Bertz CT molecular complexity index is 573. The Balaban J connectivity index is 2.72. The fourth-order valence-corrected chi connectivity index (χ4v) is 1.55.